The molecule has 0 aliphatic heterocycles. The third-order valence-corrected chi connectivity index (χ3v) is 1.02. The number of carboxylic acid groups (broad SMARTS) is 1. The van der Waals surface area contributed by atoms with E-state index in [1.54, 1.807) is 0 Å². The van der Waals surface area contributed by atoms with Gasteiger partial charge in [-0.05, 0) is 13.8 Å². The summed E-state index contributed by atoms with van der Waals surface area (Å²) in [5.74, 6) is -1.15. The van der Waals surface area contributed by atoms with Gasteiger partial charge < -0.3 is 10.4 Å². The smallest absolute Gasteiger partial charge is 0.303 e. The number of rotatable bonds is 4. The normalized spacial score (nSPS) is 8.92. The van der Waals surface area contributed by atoms with E-state index in [1.807, 2.05) is 13.8 Å². The van der Waals surface area contributed by atoms with Gasteiger partial charge in [-0.15, -0.1) is 0 Å². The van der Waals surface area contributed by atoms with Gasteiger partial charge in [0.2, 0.25) is 5.91 Å². The number of aliphatic carboxylic acids is 1. The summed E-state index contributed by atoms with van der Waals surface area (Å²) < 4.78 is 0. The minimum atomic E-state index is -0.941. The van der Waals surface area contributed by atoms with Crippen molar-refractivity contribution < 1.29 is 33.3 Å². The average Bonchev–Trinajstić information content (AvgIpc) is 1.82. The van der Waals surface area contributed by atoms with E-state index in [9.17, 15) is 9.59 Å². The zero-order valence-corrected chi connectivity index (χ0v) is 8.60. The van der Waals surface area contributed by atoms with Gasteiger partial charge in [-0.2, -0.15) is 0 Å². The van der Waals surface area contributed by atoms with Gasteiger partial charge in [-0.3, -0.25) is 9.59 Å². The van der Waals surface area contributed by atoms with Gasteiger partial charge in [0.05, 0.1) is 6.42 Å². The fourth-order valence-corrected chi connectivity index (χ4v) is 0.615. The summed E-state index contributed by atoms with van der Waals surface area (Å²) in [6.45, 7) is 3.66. The Morgan fingerprint density at radius 2 is 1.83 bits per heavy atom. The standard InChI is InChI=1S/C7H13NO3.V/c1-5(2)8-6(9)3-4-7(10)11;/h5H,3-4H2,1-2H3,(H,8,9)(H,10,11);. The van der Waals surface area contributed by atoms with E-state index in [1.165, 1.54) is 0 Å². The maximum absolute atomic E-state index is 10.8. The first-order valence-electron chi connectivity index (χ1n) is 3.53. The van der Waals surface area contributed by atoms with Gasteiger partial charge in [0.15, 0.2) is 0 Å². The third kappa shape index (κ3) is 9.52. The number of hydrogen-bond acceptors (Lipinski definition) is 2. The Kier molecular flexibility index (Phi) is 8.43. The van der Waals surface area contributed by atoms with Crippen LogP contribution in [-0.2, 0) is 28.1 Å². The molecular formula is C7H13NO3V. The van der Waals surface area contributed by atoms with Crippen LogP contribution in [0.15, 0.2) is 0 Å². The molecule has 1 amide bonds. The molecule has 0 saturated carbocycles. The van der Waals surface area contributed by atoms with Crippen molar-refractivity contribution in [3.8, 4) is 0 Å². The van der Waals surface area contributed by atoms with E-state index in [4.69, 9.17) is 5.11 Å². The van der Waals surface area contributed by atoms with Crippen molar-refractivity contribution in [3.63, 3.8) is 0 Å². The fourth-order valence-electron chi connectivity index (χ4n) is 0.615. The largest absolute Gasteiger partial charge is 0.481 e. The minimum Gasteiger partial charge on any atom is -0.481 e. The third-order valence-electron chi connectivity index (χ3n) is 1.02. The molecule has 0 aromatic carbocycles. The number of amides is 1. The van der Waals surface area contributed by atoms with Crippen molar-refractivity contribution in [2.75, 3.05) is 0 Å². The summed E-state index contributed by atoms with van der Waals surface area (Å²) in [5.41, 5.74) is 0. The molecule has 0 atom stereocenters. The molecule has 0 aliphatic rings. The van der Waals surface area contributed by atoms with Crippen LogP contribution in [0, 0.1) is 0 Å². The summed E-state index contributed by atoms with van der Waals surface area (Å²) in [5, 5.41) is 10.8. The molecule has 12 heavy (non-hydrogen) atoms. The van der Waals surface area contributed by atoms with Crippen LogP contribution in [0.1, 0.15) is 26.7 Å². The molecule has 69 valence electrons. The molecule has 1 radical (unpaired) electrons. The van der Waals surface area contributed by atoms with Gasteiger partial charge in [0, 0.05) is 31.0 Å². The van der Waals surface area contributed by atoms with Gasteiger partial charge >= 0.3 is 5.97 Å². The molecule has 0 bridgehead atoms. The minimum absolute atomic E-state index is 0. The second-order valence-corrected chi connectivity index (χ2v) is 2.62. The maximum Gasteiger partial charge on any atom is 0.303 e. The SMILES string of the molecule is CC(C)NC(=O)CCC(=O)O.[V]. The molecule has 5 heteroatoms. The Bertz CT molecular complexity index is 159. The monoisotopic (exact) mass is 210 g/mol. The number of nitrogens with one attached hydrogen (secondary N) is 1. The van der Waals surface area contributed by atoms with Crippen LogP contribution >= 0.6 is 0 Å². The van der Waals surface area contributed by atoms with Crippen LogP contribution in [0.25, 0.3) is 0 Å². The summed E-state index contributed by atoms with van der Waals surface area (Å²) in [6.07, 6.45) is -0.0356. The molecule has 2 N–H and O–H groups in total. The van der Waals surface area contributed by atoms with Crippen LogP contribution in [0.5, 0.6) is 0 Å². The van der Waals surface area contributed by atoms with E-state index in [0.29, 0.717) is 0 Å². The van der Waals surface area contributed by atoms with Crippen molar-refractivity contribution in [3.05, 3.63) is 0 Å². The molecule has 0 aromatic heterocycles. The molecule has 0 aromatic rings. The number of hydrogen-bond donors (Lipinski definition) is 2. The molecule has 0 unspecified atom stereocenters. The Morgan fingerprint density at radius 1 is 1.33 bits per heavy atom. The predicted octanol–water partition coefficient (Wildman–Crippen LogP) is 0.373. The first kappa shape index (κ1) is 14.1. The zero-order valence-electron chi connectivity index (χ0n) is 7.20. The first-order chi connectivity index (χ1) is 5.02. The summed E-state index contributed by atoms with van der Waals surface area (Å²) in [6, 6.07) is 0.0799. The molecular weight excluding hydrogens is 197 g/mol. The Hall–Kier alpha value is -0.476. The topological polar surface area (TPSA) is 66.4 Å². The second-order valence-electron chi connectivity index (χ2n) is 2.62. The van der Waals surface area contributed by atoms with E-state index >= 15 is 0 Å². The molecule has 0 spiro atoms. The molecule has 4 nitrogen and oxygen atoms in total. The van der Waals surface area contributed by atoms with E-state index in [0.717, 1.165) is 0 Å². The number of carbonyl (C=O) groups excluding carboxylic acids is 1. The average molecular weight is 210 g/mol. The first-order valence-corrected chi connectivity index (χ1v) is 3.53. The van der Waals surface area contributed by atoms with Crippen molar-refractivity contribution in [2.24, 2.45) is 0 Å². The van der Waals surface area contributed by atoms with Crippen molar-refractivity contribution >= 4 is 11.9 Å². The Balaban J connectivity index is 0. The maximum atomic E-state index is 10.8. The van der Waals surface area contributed by atoms with Crippen LogP contribution in [0.2, 0.25) is 0 Å². The van der Waals surface area contributed by atoms with Gasteiger partial charge in [-0.25, -0.2) is 0 Å². The van der Waals surface area contributed by atoms with Crippen molar-refractivity contribution in [1.82, 2.24) is 5.32 Å². The van der Waals surface area contributed by atoms with Gasteiger partial charge in [-0.1, -0.05) is 0 Å². The van der Waals surface area contributed by atoms with Gasteiger partial charge in [0.1, 0.15) is 0 Å². The number of carboxylic acids is 1. The van der Waals surface area contributed by atoms with E-state index in [-0.39, 0.29) is 43.3 Å². The Morgan fingerprint density at radius 3 is 2.17 bits per heavy atom. The van der Waals surface area contributed by atoms with E-state index < -0.39 is 5.97 Å². The molecule has 0 heterocycles. The summed E-state index contributed by atoms with van der Waals surface area (Å²) in [7, 11) is 0. The molecule has 0 saturated heterocycles. The molecule has 0 fully saturated rings. The fraction of sp³-hybridized carbons (Fsp3) is 0.714. The zero-order chi connectivity index (χ0) is 8.85. The molecule has 0 rings (SSSR count). The summed E-state index contributed by atoms with van der Waals surface area (Å²) in [4.78, 5) is 20.8. The van der Waals surface area contributed by atoms with Crippen molar-refractivity contribution in [2.45, 2.75) is 32.7 Å². The van der Waals surface area contributed by atoms with Crippen LogP contribution < -0.4 is 5.32 Å². The van der Waals surface area contributed by atoms with Crippen LogP contribution in [0.4, 0.5) is 0 Å². The second kappa shape index (κ2) is 7.19. The van der Waals surface area contributed by atoms with Crippen LogP contribution in [-0.4, -0.2) is 23.0 Å². The van der Waals surface area contributed by atoms with Gasteiger partial charge in [0.25, 0.3) is 0 Å². The molecule has 0 aliphatic carbocycles. The quantitative estimate of drug-likeness (QED) is 0.704. The van der Waals surface area contributed by atoms with E-state index in [2.05, 4.69) is 5.32 Å². The van der Waals surface area contributed by atoms with Crippen LogP contribution in [0.3, 0.4) is 0 Å². The Labute approximate surface area is 83.6 Å². The predicted molar refractivity (Wildman–Crippen MR) is 40.1 cm³/mol. The summed E-state index contributed by atoms with van der Waals surface area (Å²) >= 11 is 0. The van der Waals surface area contributed by atoms with Crippen molar-refractivity contribution in [1.29, 1.82) is 0 Å². The number of carbonyl (C=O) groups is 2.